The van der Waals surface area contributed by atoms with Gasteiger partial charge in [0.05, 0.1) is 27.0 Å². The minimum Gasteiger partial charge on any atom is -0.494 e. The summed E-state index contributed by atoms with van der Waals surface area (Å²) >= 11 is 0. The fourth-order valence-corrected chi connectivity index (χ4v) is 5.10. The number of hydrogen-bond acceptors (Lipinski definition) is 7. The third-order valence-electron chi connectivity index (χ3n) is 7.15. The highest BCUT2D eigenvalue weighted by Crippen LogP contribution is 2.30. The van der Waals surface area contributed by atoms with E-state index in [9.17, 15) is 9.59 Å². The van der Waals surface area contributed by atoms with Gasteiger partial charge in [0.1, 0.15) is 17.5 Å². The number of aromatic nitrogens is 2. The smallest absolute Gasteiger partial charge is 0.275 e. The molecular formula is C31H38N4O5. The molecule has 0 aliphatic heterocycles. The maximum Gasteiger partial charge on any atom is 0.275 e. The summed E-state index contributed by atoms with van der Waals surface area (Å²) in [6, 6.07) is 12.2. The van der Waals surface area contributed by atoms with Gasteiger partial charge in [-0.25, -0.2) is 4.98 Å². The van der Waals surface area contributed by atoms with Gasteiger partial charge in [0.15, 0.2) is 11.5 Å². The zero-order valence-electron chi connectivity index (χ0n) is 23.5. The van der Waals surface area contributed by atoms with Crippen LogP contribution in [0.25, 0.3) is 0 Å². The molecular weight excluding hydrogens is 508 g/mol. The molecule has 1 N–H and O–H groups in total. The number of benzene rings is 2. The average Bonchev–Trinajstić information content (AvgIpc) is 3.00. The molecule has 40 heavy (non-hydrogen) atoms. The quantitative estimate of drug-likeness (QED) is 0.349. The molecule has 1 saturated carbocycles. The zero-order chi connectivity index (χ0) is 28.3. The van der Waals surface area contributed by atoms with Gasteiger partial charge in [-0.2, -0.15) is 0 Å². The topological polar surface area (TPSA) is 103 Å². The number of carbonyl (C=O) groups is 2. The highest BCUT2D eigenvalue weighted by molar-refractivity contribution is 5.96. The summed E-state index contributed by atoms with van der Waals surface area (Å²) in [6.45, 7) is 2.72. The standard InChI is InChI=1S/C31H38N4O5/c1-4-40-25-13-11-23(12-14-25)29(30(36)34-24-8-6-5-7-9-24)35(31(37)26-21-32-17-18-33-26)19-16-22-10-15-27(38-2)28(20-22)39-3/h10-15,17-18,20-21,24,29H,4-9,16,19H2,1-3H3,(H,34,36). The van der Waals surface area contributed by atoms with Gasteiger partial charge >= 0.3 is 0 Å². The Bertz CT molecular complexity index is 1250. The van der Waals surface area contributed by atoms with E-state index in [4.69, 9.17) is 14.2 Å². The Morgan fingerprint density at radius 2 is 1.75 bits per heavy atom. The van der Waals surface area contributed by atoms with Gasteiger partial charge in [0, 0.05) is 25.0 Å². The first-order valence-corrected chi connectivity index (χ1v) is 13.8. The Hall–Kier alpha value is -4.14. The number of nitrogens with zero attached hydrogens (tertiary/aromatic N) is 3. The summed E-state index contributed by atoms with van der Waals surface area (Å²) in [5.41, 5.74) is 1.81. The Morgan fingerprint density at radius 3 is 2.40 bits per heavy atom. The molecule has 9 heteroatoms. The molecule has 0 saturated heterocycles. The maximum absolute atomic E-state index is 14.0. The SMILES string of the molecule is CCOc1ccc(C(C(=O)NC2CCCCC2)N(CCc2ccc(OC)c(OC)c2)C(=O)c2cnccn2)cc1. The van der Waals surface area contributed by atoms with Gasteiger partial charge in [-0.15, -0.1) is 0 Å². The molecule has 0 bridgehead atoms. The van der Waals surface area contributed by atoms with Gasteiger partial charge in [-0.1, -0.05) is 37.5 Å². The highest BCUT2D eigenvalue weighted by atomic mass is 16.5. The van der Waals surface area contributed by atoms with Crippen LogP contribution >= 0.6 is 0 Å². The molecule has 1 atom stereocenters. The molecule has 0 spiro atoms. The lowest BCUT2D eigenvalue weighted by Gasteiger charge is -2.33. The number of nitrogens with one attached hydrogen (secondary N) is 1. The van der Waals surface area contributed by atoms with Gasteiger partial charge in [-0.05, 0) is 61.6 Å². The van der Waals surface area contributed by atoms with E-state index in [2.05, 4.69) is 15.3 Å². The van der Waals surface area contributed by atoms with E-state index >= 15 is 0 Å². The number of rotatable bonds is 12. The average molecular weight is 547 g/mol. The normalized spacial score (nSPS) is 14.2. The number of hydrogen-bond donors (Lipinski definition) is 1. The first-order valence-electron chi connectivity index (χ1n) is 13.8. The lowest BCUT2D eigenvalue weighted by atomic mass is 9.94. The third-order valence-corrected chi connectivity index (χ3v) is 7.15. The molecule has 9 nitrogen and oxygen atoms in total. The van der Waals surface area contributed by atoms with Crippen LogP contribution in [0.4, 0.5) is 0 Å². The molecule has 1 unspecified atom stereocenters. The van der Waals surface area contributed by atoms with Gasteiger partial charge in [-0.3, -0.25) is 14.6 Å². The van der Waals surface area contributed by atoms with Crippen molar-refractivity contribution in [2.45, 2.75) is 57.5 Å². The molecule has 1 heterocycles. The third kappa shape index (κ3) is 7.28. The second-order valence-electron chi connectivity index (χ2n) is 9.78. The van der Waals surface area contributed by atoms with Crippen LogP contribution in [0.3, 0.4) is 0 Å². The van der Waals surface area contributed by atoms with Gasteiger partial charge < -0.3 is 24.4 Å². The van der Waals surface area contributed by atoms with Crippen molar-refractivity contribution in [1.29, 1.82) is 0 Å². The highest BCUT2D eigenvalue weighted by Gasteiger charge is 2.34. The van der Waals surface area contributed by atoms with Crippen molar-refractivity contribution in [3.8, 4) is 17.2 Å². The number of carbonyl (C=O) groups excluding carboxylic acids is 2. The van der Waals surface area contributed by atoms with Crippen LogP contribution in [0.15, 0.2) is 61.1 Å². The van der Waals surface area contributed by atoms with Crippen molar-refractivity contribution in [2.24, 2.45) is 0 Å². The first-order chi connectivity index (χ1) is 19.5. The van der Waals surface area contributed by atoms with Gasteiger partial charge in [0.25, 0.3) is 5.91 Å². The second kappa shape index (κ2) is 14.3. The molecule has 1 fully saturated rings. The number of ether oxygens (including phenoxy) is 3. The van der Waals surface area contributed by atoms with E-state index in [1.165, 1.54) is 25.0 Å². The molecule has 0 radical (unpaired) electrons. The second-order valence-corrected chi connectivity index (χ2v) is 9.78. The number of amides is 2. The van der Waals surface area contributed by atoms with Crippen LogP contribution in [0.5, 0.6) is 17.2 Å². The molecule has 4 rings (SSSR count). The summed E-state index contributed by atoms with van der Waals surface area (Å²) in [7, 11) is 3.17. The van der Waals surface area contributed by atoms with Crippen molar-refractivity contribution < 1.29 is 23.8 Å². The van der Waals surface area contributed by atoms with Gasteiger partial charge in [0.2, 0.25) is 5.91 Å². The fourth-order valence-electron chi connectivity index (χ4n) is 5.10. The molecule has 2 aromatic carbocycles. The minimum absolute atomic E-state index is 0.0887. The lowest BCUT2D eigenvalue weighted by molar-refractivity contribution is -0.126. The maximum atomic E-state index is 14.0. The summed E-state index contributed by atoms with van der Waals surface area (Å²) in [5.74, 6) is 1.35. The molecule has 1 aliphatic carbocycles. The molecule has 1 aromatic heterocycles. The van der Waals surface area contributed by atoms with Crippen molar-refractivity contribution >= 4 is 11.8 Å². The fraction of sp³-hybridized carbons (Fsp3) is 0.419. The molecule has 212 valence electrons. The van der Waals surface area contributed by atoms with Crippen LogP contribution in [0, 0.1) is 0 Å². The lowest BCUT2D eigenvalue weighted by Crippen LogP contribution is -2.47. The number of methoxy groups -OCH3 is 2. The minimum atomic E-state index is -0.868. The van der Waals surface area contributed by atoms with Crippen LogP contribution in [-0.2, 0) is 11.2 Å². The largest absolute Gasteiger partial charge is 0.494 e. The van der Waals surface area contributed by atoms with E-state index in [0.29, 0.717) is 35.8 Å². The Morgan fingerprint density at radius 1 is 1.00 bits per heavy atom. The van der Waals surface area contributed by atoms with Crippen molar-refractivity contribution in [2.75, 3.05) is 27.4 Å². The predicted octanol–water partition coefficient (Wildman–Crippen LogP) is 4.77. The summed E-state index contributed by atoms with van der Waals surface area (Å²) < 4.78 is 16.5. The van der Waals surface area contributed by atoms with Crippen molar-refractivity contribution in [3.05, 3.63) is 77.9 Å². The van der Waals surface area contributed by atoms with Crippen LogP contribution in [0.1, 0.15) is 66.7 Å². The predicted molar refractivity (Wildman–Crippen MR) is 152 cm³/mol. The summed E-state index contributed by atoms with van der Waals surface area (Å²) in [6.07, 6.45) is 10.1. The van der Waals surface area contributed by atoms with Crippen LogP contribution < -0.4 is 19.5 Å². The van der Waals surface area contributed by atoms with Crippen molar-refractivity contribution in [3.63, 3.8) is 0 Å². The summed E-state index contributed by atoms with van der Waals surface area (Å²) in [5, 5.41) is 3.24. The molecule has 3 aromatic rings. The van der Waals surface area contributed by atoms with Crippen molar-refractivity contribution in [1.82, 2.24) is 20.2 Å². The zero-order valence-corrected chi connectivity index (χ0v) is 23.5. The Labute approximate surface area is 235 Å². The molecule has 1 aliphatic rings. The van der Waals surface area contributed by atoms with E-state index in [1.807, 2.05) is 49.4 Å². The first kappa shape index (κ1) is 28.9. The van der Waals surface area contributed by atoms with E-state index in [0.717, 1.165) is 31.2 Å². The Balaban J connectivity index is 1.70. The Kier molecular flexibility index (Phi) is 10.3. The molecule has 2 amide bonds. The van der Waals surface area contributed by atoms with E-state index < -0.39 is 6.04 Å². The van der Waals surface area contributed by atoms with E-state index in [1.54, 1.807) is 19.1 Å². The van der Waals surface area contributed by atoms with E-state index in [-0.39, 0.29) is 30.1 Å². The monoisotopic (exact) mass is 546 g/mol. The summed E-state index contributed by atoms with van der Waals surface area (Å²) in [4.78, 5) is 37.9. The van der Waals surface area contributed by atoms with Crippen LogP contribution in [0.2, 0.25) is 0 Å². The van der Waals surface area contributed by atoms with Crippen LogP contribution in [-0.4, -0.2) is 60.1 Å².